The Morgan fingerprint density at radius 1 is 1.10 bits per heavy atom. The molecule has 1 saturated carbocycles. The zero-order chi connectivity index (χ0) is 14.8. The molecule has 1 N–H and O–H groups in total. The topological polar surface area (TPSA) is 46.2 Å². The molecule has 21 heavy (non-hydrogen) atoms. The highest BCUT2D eigenvalue weighted by atomic mass is 32.2. The first-order valence-corrected chi connectivity index (χ1v) is 8.50. The Labute approximate surface area is 126 Å². The second-order valence-corrected chi connectivity index (χ2v) is 6.69. The second kappa shape index (κ2) is 5.82. The Morgan fingerprint density at radius 3 is 2.38 bits per heavy atom. The fourth-order valence-corrected chi connectivity index (χ4v) is 2.99. The van der Waals surface area contributed by atoms with Crippen LogP contribution in [0.1, 0.15) is 28.3 Å². The van der Waals surface area contributed by atoms with Gasteiger partial charge in [0.1, 0.15) is 0 Å². The summed E-state index contributed by atoms with van der Waals surface area (Å²) in [7, 11) is -1.01. The van der Waals surface area contributed by atoms with Gasteiger partial charge in [0, 0.05) is 39.5 Å². The minimum atomic E-state index is -1.01. The van der Waals surface area contributed by atoms with Gasteiger partial charge in [-0.2, -0.15) is 0 Å². The van der Waals surface area contributed by atoms with Crippen LogP contribution in [0.15, 0.2) is 59.5 Å². The first-order valence-electron chi connectivity index (χ1n) is 6.94. The SMILES string of the molecule is CS(=O)c1ccc(C(=O)NC2CC2c2ccccc2)cc1. The molecule has 108 valence electrons. The van der Waals surface area contributed by atoms with Gasteiger partial charge in [-0.05, 0) is 36.2 Å². The molecule has 0 aromatic heterocycles. The zero-order valence-corrected chi connectivity index (χ0v) is 12.6. The summed E-state index contributed by atoms with van der Waals surface area (Å²) in [6.07, 6.45) is 2.62. The van der Waals surface area contributed by atoms with Gasteiger partial charge < -0.3 is 5.32 Å². The highest BCUT2D eigenvalue weighted by Crippen LogP contribution is 2.40. The van der Waals surface area contributed by atoms with Crippen LogP contribution in [0.2, 0.25) is 0 Å². The molecular weight excluding hydrogens is 282 g/mol. The van der Waals surface area contributed by atoms with Gasteiger partial charge in [0.25, 0.3) is 5.91 Å². The maximum atomic E-state index is 12.2. The summed E-state index contributed by atoms with van der Waals surface area (Å²) in [6.45, 7) is 0. The van der Waals surface area contributed by atoms with Crippen molar-refractivity contribution in [3.8, 4) is 0 Å². The Morgan fingerprint density at radius 2 is 1.76 bits per heavy atom. The van der Waals surface area contributed by atoms with E-state index < -0.39 is 10.8 Å². The van der Waals surface area contributed by atoms with Crippen molar-refractivity contribution in [1.82, 2.24) is 5.32 Å². The molecule has 0 aliphatic heterocycles. The predicted molar refractivity (Wildman–Crippen MR) is 83.8 cm³/mol. The summed E-state index contributed by atoms with van der Waals surface area (Å²) in [6, 6.07) is 17.4. The van der Waals surface area contributed by atoms with E-state index in [2.05, 4.69) is 17.4 Å². The van der Waals surface area contributed by atoms with Gasteiger partial charge in [-0.3, -0.25) is 9.00 Å². The van der Waals surface area contributed by atoms with Gasteiger partial charge in [0.2, 0.25) is 0 Å². The Kier molecular flexibility index (Phi) is 3.88. The van der Waals surface area contributed by atoms with E-state index in [0.717, 1.165) is 11.3 Å². The first-order chi connectivity index (χ1) is 10.1. The molecule has 1 amide bonds. The summed E-state index contributed by atoms with van der Waals surface area (Å²) in [5, 5.41) is 3.05. The molecule has 3 rings (SSSR count). The monoisotopic (exact) mass is 299 g/mol. The van der Waals surface area contributed by atoms with Crippen molar-refractivity contribution in [2.24, 2.45) is 0 Å². The minimum absolute atomic E-state index is 0.0631. The lowest BCUT2D eigenvalue weighted by Crippen LogP contribution is -2.26. The molecule has 0 bridgehead atoms. The highest BCUT2D eigenvalue weighted by molar-refractivity contribution is 7.84. The van der Waals surface area contributed by atoms with E-state index in [1.165, 1.54) is 5.56 Å². The average Bonchev–Trinajstić information content (AvgIpc) is 3.27. The number of rotatable bonds is 4. The van der Waals surface area contributed by atoms with E-state index in [9.17, 15) is 9.00 Å². The molecular formula is C17H17NO2S. The van der Waals surface area contributed by atoms with Crippen LogP contribution in [-0.2, 0) is 10.8 Å². The van der Waals surface area contributed by atoms with Gasteiger partial charge in [-0.15, -0.1) is 0 Å². The number of carbonyl (C=O) groups excluding carboxylic acids is 1. The van der Waals surface area contributed by atoms with Gasteiger partial charge in [-0.1, -0.05) is 30.3 Å². The lowest BCUT2D eigenvalue weighted by atomic mass is 10.1. The van der Waals surface area contributed by atoms with Gasteiger partial charge in [0.05, 0.1) is 0 Å². The van der Waals surface area contributed by atoms with Crippen LogP contribution < -0.4 is 5.32 Å². The Bertz CT molecular complexity index is 667. The third kappa shape index (κ3) is 3.22. The quantitative estimate of drug-likeness (QED) is 0.943. The molecule has 2 aromatic rings. The molecule has 1 aliphatic rings. The number of nitrogens with one attached hydrogen (secondary N) is 1. The van der Waals surface area contributed by atoms with Gasteiger partial charge in [0.15, 0.2) is 0 Å². The summed E-state index contributed by atoms with van der Waals surface area (Å²) < 4.78 is 11.3. The van der Waals surface area contributed by atoms with Crippen LogP contribution in [-0.4, -0.2) is 22.4 Å². The third-order valence-corrected chi connectivity index (χ3v) is 4.72. The fourth-order valence-electron chi connectivity index (χ4n) is 2.47. The zero-order valence-electron chi connectivity index (χ0n) is 11.8. The first kappa shape index (κ1) is 14.0. The molecule has 4 heteroatoms. The highest BCUT2D eigenvalue weighted by Gasteiger charge is 2.39. The maximum Gasteiger partial charge on any atom is 0.251 e. The van der Waals surface area contributed by atoms with Gasteiger partial charge in [-0.25, -0.2) is 0 Å². The second-order valence-electron chi connectivity index (χ2n) is 5.31. The van der Waals surface area contributed by atoms with Crippen LogP contribution in [0.3, 0.4) is 0 Å². The molecule has 2 aromatic carbocycles. The molecule has 3 unspecified atom stereocenters. The van der Waals surface area contributed by atoms with Crippen LogP contribution >= 0.6 is 0 Å². The van der Waals surface area contributed by atoms with E-state index in [4.69, 9.17) is 0 Å². The van der Waals surface area contributed by atoms with Crippen molar-refractivity contribution >= 4 is 16.7 Å². The molecule has 0 heterocycles. The fraction of sp³-hybridized carbons (Fsp3) is 0.235. The van der Waals surface area contributed by atoms with Crippen LogP contribution in [0, 0.1) is 0 Å². The van der Waals surface area contributed by atoms with Crippen molar-refractivity contribution in [3.05, 3.63) is 65.7 Å². The van der Waals surface area contributed by atoms with Crippen molar-refractivity contribution in [3.63, 3.8) is 0 Å². The van der Waals surface area contributed by atoms with E-state index in [1.54, 1.807) is 30.5 Å². The van der Waals surface area contributed by atoms with Crippen molar-refractivity contribution < 1.29 is 9.00 Å². The molecule has 0 saturated heterocycles. The molecule has 0 radical (unpaired) electrons. The Hall–Kier alpha value is -1.94. The smallest absolute Gasteiger partial charge is 0.251 e. The van der Waals surface area contributed by atoms with Crippen LogP contribution in [0.25, 0.3) is 0 Å². The van der Waals surface area contributed by atoms with Crippen molar-refractivity contribution in [2.75, 3.05) is 6.26 Å². The average molecular weight is 299 g/mol. The van der Waals surface area contributed by atoms with E-state index in [1.807, 2.05) is 18.2 Å². The van der Waals surface area contributed by atoms with Crippen molar-refractivity contribution in [2.45, 2.75) is 23.3 Å². The van der Waals surface area contributed by atoms with E-state index in [0.29, 0.717) is 11.5 Å². The molecule has 1 aliphatic carbocycles. The lowest BCUT2D eigenvalue weighted by molar-refractivity contribution is 0.0950. The number of benzene rings is 2. The van der Waals surface area contributed by atoms with Crippen molar-refractivity contribution in [1.29, 1.82) is 0 Å². The lowest BCUT2D eigenvalue weighted by Gasteiger charge is -2.05. The number of amides is 1. The Balaban J connectivity index is 1.62. The summed E-state index contributed by atoms with van der Waals surface area (Å²) in [4.78, 5) is 12.9. The van der Waals surface area contributed by atoms with E-state index in [-0.39, 0.29) is 11.9 Å². The molecule has 1 fully saturated rings. The molecule has 0 spiro atoms. The summed E-state index contributed by atoms with van der Waals surface area (Å²) in [5.74, 6) is 0.365. The van der Waals surface area contributed by atoms with Crippen LogP contribution in [0.5, 0.6) is 0 Å². The normalized spacial score (nSPS) is 21.6. The minimum Gasteiger partial charge on any atom is -0.349 e. The molecule has 3 nitrogen and oxygen atoms in total. The van der Waals surface area contributed by atoms with Crippen LogP contribution in [0.4, 0.5) is 0 Å². The van der Waals surface area contributed by atoms with Gasteiger partial charge >= 0.3 is 0 Å². The standard InChI is InChI=1S/C17H17NO2S/c1-21(20)14-9-7-13(8-10-14)17(19)18-16-11-15(16)12-5-3-2-4-6-12/h2-10,15-16H,11H2,1H3,(H,18,19). The van der Waals surface area contributed by atoms with E-state index >= 15 is 0 Å². The number of hydrogen-bond donors (Lipinski definition) is 1. The number of hydrogen-bond acceptors (Lipinski definition) is 2. The number of carbonyl (C=O) groups is 1. The predicted octanol–water partition coefficient (Wildman–Crippen LogP) is 2.71. The largest absolute Gasteiger partial charge is 0.349 e. The summed E-state index contributed by atoms with van der Waals surface area (Å²) >= 11 is 0. The third-order valence-electron chi connectivity index (χ3n) is 3.78. The summed E-state index contributed by atoms with van der Waals surface area (Å²) in [5.41, 5.74) is 1.89. The maximum absolute atomic E-state index is 12.2. The molecule has 3 atom stereocenters.